The molecule has 0 saturated carbocycles. The van der Waals surface area contributed by atoms with Crippen molar-refractivity contribution in [2.45, 2.75) is 39.7 Å². The molecular formula is C32H36HfN2. The number of pyridine rings is 1. The second kappa shape index (κ2) is 13.4. The number of para-hydroxylation sites is 1. The van der Waals surface area contributed by atoms with Gasteiger partial charge in [-0.25, -0.2) is 0 Å². The van der Waals surface area contributed by atoms with Crippen LogP contribution in [0.4, 0.5) is 5.69 Å². The van der Waals surface area contributed by atoms with Crippen LogP contribution in [-0.4, -0.2) is 0 Å². The van der Waals surface area contributed by atoms with E-state index in [0.717, 1.165) is 22.6 Å². The molecule has 0 aliphatic heterocycles. The third-order valence-corrected chi connectivity index (χ3v) is 6.02. The van der Waals surface area contributed by atoms with Gasteiger partial charge < -0.3 is 24.7 Å². The smallest absolute Gasteiger partial charge is 0.679 e. The van der Waals surface area contributed by atoms with Gasteiger partial charge in [-0.05, 0) is 31.4 Å². The van der Waals surface area contributed by atoms with Crippen molar-refractivity contribution >= 4 is 5.69 Å². The molecule has 2 nitrogen and oxygen atoms in total. The van der Waals surface area contributed by atoms with Crippen LogP contribution in [0.25, 0.3) is 16.6 Å². The molecule has 1 aromatic heterocycles. The van der Waals surface area contributed by atoms with E-state index in [1.165, 1.54) is 22.3 Å². The molecule has 1 heterocycles. The van der Waals surface area contributed by atoms with E-state index in [2.05, 4.69) is 108 Å². The minimum absolute atomic E-state index is 0. The third kappa shape index (κ3) is 6.52. The largest absolute Gasteiger partial charge is 4.00 e. The zero-order chi connectivity index (χ0) is 22.7. The molecule has 35 heavy (non-hydrogen) atoms. The number of hydrogen-bond acceptors (Lipinski definition) is 0. The van der Waals surface area contributed by atoms with Gasteiger partial charge in [-0.3, -0.25) is 0 Å². The van der Waals surface area contributed by atoms with Gasteiger partial charge in [0.15, 0.2) is 0 Å². The van der Waals surface area contributed by atoms with Crippen LogP contribution in [0, 0.1) is 41.8 Å². The van der Waals surface area contributed by atoms with Gasteiger partial charge in [0.05, 0.1) is 5.69 Å². The van der Waals surface area contributed by atoms with Gasteiger partial charge in [0, 0.05) is 7.05 Å². The van der Waals surface area contributed by atoms with Gasteiger partial charge in [-0.2, -0.15) is 0 Å². The van der Waals surface area contributed by atoms with Crippen molar-refractivity contribution < 1.29 is 30.4 Å². The molecule has 3 heteroatoms. The molecule has 4 rings (SSSR count). The molecule has 3 aromatic carbocycles. The molecular weight excluding hydrogens is 591 g/mol. The summed E-state index contributed by atoms with van der Waals surface area (Å²) in [6.07, 6.45) is 0. The van der Waals surface area contributed by atoms with Gasteiger partial charge in [0.2, 0.25) is 0 Å². The first-order chi connectivity index (χ1) is 15.5. The van der Waals surface area contributed by atoms with E-state index >= 15 is 0 Å². The minimum atomic E-state index is -0.170. The number of nitrogens with zero attached hydrogens (tertiary/aromatic N) is 2. The summed E-state index contributed by atoms with van der Waals surface area (Å²) < 4.78 is 2.01. The van der Waals surface area contributed by atoms with Crippen LogP contribution in [0.5, 0.6) is 0 Å². The molecule has 4 aromatic rings. The predicted octanol–water partition coefficient (Wildman–Crippen LogP) is 8.51. The minimum Gasteiger partial charge on any atom is -0.679 e. The van der Waals surface area contributed by atoms with Crippen LogP contribution in [0.15, 0.2) is 84.9 Å². The Bertz CT molecular complexity index is 1220. The van der Waals surface area contributed by atoms with E-state index in [1.54, 1.807) is 0 Å². The molecule has 1 atom stereocenters. The summed E-state index contributed by atoms with van der Waals surface area (Å²) in [7, 11) is 4.43. The standard InChI is InChI=1S/C30H30N2.2CH3.Hf/c1-21(2)25-18-11-14-23(4)29(25)31-30(26-17-10-9-13-22(26)3)28-20-12-19-27(32(28)5)24-15-7-6-8-16-24;;;/h6-15,17-21,30H,5H2,1-4H3;2*1H3;/q-2;2*-1;+4. The van der Waals surface area contributed by atoms with Crippen molar-refractivity contribution in [1.82, 2.24) is 0 Å². The SMILES string of the molecule is [CH2-][n+]1c(-c2[c-]cccc2)cccc1C([N-]c1c(C)cccc1C(C)C)c1ccccc1C.[CH3-].[CH3-].[Hf+4]. The number of benzene rings is 3. The van der Waals surface area contributed by atoms with Crippen LogP contribution in [0.3, 0.4) is 0 Å². The fourth-order valence-electron chi connectivity index (χ4n) is 4.23. The van der Waals surface area contributed by atoms with Crippen molar-refractivity contribution in [2.75, 3.05) is 0 Å². The summed E-state index contributed by atoms with van der Waals surface area (Å²) in [5.74, 6) is 0.392. The Morgan fingerprint density at radius 2 is 1.40 bits per heavy atom. The molecule has 1 unspecified atom stereocenters. The second-order valence-corrected chi connectivity index (χ2v) is 8.60. The first kappa shape index (κ1) is 30.4. The van der Waals surface area contributed by atoms with Crippen molar-refractivity contribution in [1.29, 1.82) is 0 Å². The first-order valence-electron chi connectivity index (χ1n) is 11.2. The van der Waals surface area contributed by atoms with Crippen LogP contribution in [-0.2, 0) is 25.8 Å². The van der Waals surface area contributed by atoms with Gasteiger partial charge in [0.25, 0.3) is 0 Å². The molecule has 0 radical (unpaired) electrons. The van der Waals surface area contributed by atoms with E-state index in [4.69, 9.17) is 5.32 Å². The summed E-state index contributed by atoms with van der Waals surface area (Å²) >= 11 is 0. The Kier molecular flexibility index (Phi) is 11.7. The summed E-state index contributed by atoms with van der Waals surface area (Å²) in [5, 5.41) is 5.41. The topological polar surface area (TPSA) is 18.0 Å². The van der Waals surface area contributed by atoms with E-state index in [0.29, 0.717) is 5.92 Å². The van der Waals surface area contributed by atoms with Crippen molar-refractivity contribution in [3.05, 3.63) is 146 Å². The molecule has 0 saturated heterocycles. The maximum absolute atomic E-state index is 5.41. The molecule has 0 amide bonds. The average molecular weight is 627 g/mol. The summed E-state index contributed by atoms with van der Waals surface area (Å²) in [4.78, 5) is 0. The fraction of sp³-hybridized carbons (Fsp3) is 0.188. The molecule has 0 aliphatic rings. The predicted molar refractivity (Wildman–Crippen MR) is 146 cm³/mol. The zero-order valence-corrected chi connectivity index (χ0v) is 25.4. The Morgan fingerprint density at radius 1 is 0.771 bits per heavy atom. The fourth-order valence-corrected chi connectivity index (χ4v) is 4.23. The maximum Gasteiger partial charge on any atom is 4.00 e. The molecule has 0 spiro atoms. The monoisotopic (exact) mass is 628 g/mol. The van der Waals surface area contributed by atoms with E-state index in [-0.39, 0.29) is 46.7 Å². The molecule has 0 N–H and O–H groups in total. The Hall–Kier alpha value is -2.65. The average Bonchev–Trinajstić information content (AvgIpc) is 2.80. The van der Waals surface area contributed by atoms with Gasteiger partial charge in [-0.1, -0.05) is 96.7 Å². The molecule has 0 fully saturated rings. The van der Waals surface area contributed by atoms with Crippen molar-refractivity contribution in [3.8, 4) is 11.3 Å². The molecule has 0 aliphatic carbocycles. The van der Waals surface area contributed by atoms with Crippen LogP contribution >= 0.6 is 0 Å². The number of rotatable bonds is 6. The first-order valence-corrected chi connectivity index (χ1v) is 11.2. The number of hydrogen-bond donors (Lipinski definition) is 0. The van der Waals surface area contributed by atoms with Gasteiger partial charge in [-0.15, -0.1) is 36.0 Å². The normalized spacial score (nSPS) is 11.0. The Labute approximate surface area is 232 Å². The Morgan fingerprint density at radius 3 is 2.06 bits per heavy atom. The van der Waals surface area contributed by atoms with E-state index < -0.39 is 0 Å². The Balaban J connectivity index is 0.00000204. The second-order valence-electron chi connectivity index (χ2n) is 8.60. The van der Waals surface area contributed by atoms with E-state index in [1.807, 2.05) is 22.8 Å². The van der Waals surface area contributed by atoms with E-state index in [9.17, 15) is 0 Å². The van der Waals surface area contributed by atoms with Gasteiger partial charge in [0.1, 0.15) is 5.69 Å². The van der Waals surface area contributed by atoms with Crippen molar-refractivity contribution in [2.24, 2.45) is 0 Å². The summed E-state index contributed by atoms with van der Waals surface area (Å²) in [6.45, 7) is 8.75. The van der Waals surface area contributed by atoms with Crippen LogP contribution in [0.2, 0.25) is 0 Å². The zero-order valence-electron chi connectivity index (χ0n) is 21.8. The van der Waals surface area contributed by atoms with Gasteiger partial charge >= 0.3 is 25.8 Å². The third-order valence-electron chi connectivity index (χ3n) is 6.02. The summed E-state index contributed by atoms with van der Waals surface area (Å²) in [5.41, 5.74) is 9.04. The molecule has 178 valence electrons. The quantitative estimate of drug-likeness (QED) is 0.116. The van der Waals surface area contributed by atoms with Crippen molar-refractivity contribution in [3.63, 3.8) is 0 Å². The molecule has 0 bridgehead atoms. The van der Waals surface area contributed by atoms with Crippen LogP contribution in [0.1, 0.15) is 53.8 Å². The number of aryl methyl sites for hydroxylation is 2. The van der Waals surface area contributed by atoms with Crippen LogP contribution < -0.4 is 4.57 Å². The maximum atomic E-state index is 5.41. The summed E-state index contributed by atoms with van der Waals surface area (Å²) in [6, 6.07) is 32.5. The number of aromatic nitrogens is 1.